The Kier molecular flexibility index (Phi) is 5.85. The first-order valence-corrected chi connectivity index (χ1v) is 7.87. The molecule has 0 aromatic carbocycles. The molecule has 1 rings (SSSR count). The number of piperidine rings is 1. The minimum Gasteiger partial charge on any atom is -0.310 e. The van der Waals surface area contributed by atoms with E-state index in [1.54, 1.807) is 0 Å². The summed E-state index contributed by atoms with van der Waals surface area (Å²) in [5.74, 6) is 0.319. The summed E-state index contributed by atoms with van der Waals surface area (Å²) in [5.41, 5.74) is 0. The van der Waals surface area contributed by atoms with E-state index in [2.05, 4.69) is 21.7 Å². The van der Waals surface area contributed by atoms with Gasteiger partial charge in [0.2, 0.25) is 0 Å². The third-order valence-electron chi connectivity index (χ3n) is 2.91. The Hall–Kier alpha value is -0.170. The molecule has 3 N–H and O–H groups in total. The van der Waals surface area contributed by atoms with Crippen LogP contribution in [0.3, 0.4) is 0 Å². The summed E-state index contributed by atoms with van der Waals surface area (Å²) in [7, 11) is -3.33. The summed E-state index contributed by atoms with van der Waals surface area (Å²) in [6.07, 6.45) is 3.38. The van der Waals surface area contributed by atoms with Gasteiger partial charge in [0, 0.05) is 25.2 Å². The molecule has 1 aliphatic heterocycles. The van der Waals surface area contributed by atoms with Crippen LogP contribution in [0.15, 0.2) is 0 Å². The quantitative estimate of drug-likeness (QED) is 0.657. The zero-order valence-corrected chi connectivity index (χ0v) is 11.8. The maximum atomic E-state index is 11.6. The fourth-order valence-corrected chi connectivity index (χ4v) is 3.01. The maximum absolute atomic E-state index is 11.6. The van der Waals surface area contributed by atoms with Crippen molar-refractivity contribution in [3.63, 3.8) is 0 Å². The number of hydrogen-bond acceptors (Lipinski definition) is 3. The van der Waals surface area contributed by atoms with Crippen molar-refractivity contribution in [3.05, 3.63) is 0 Å². The normalized spacial score (nSPS) is 26.4. The lowest BCUT2D eigenvalue weighted by Crippen LogP contribution is -2.49. The van der Waals surface area contributed by atoms with Gasteiger partial charge in [-0.1, -0.05) is 20.3 Å². The van der Waals surface area contributed by atoms with Crippen LogP contribution in [0.2, 0.25) is 0 Å². The number of nitrogens with one attached hydrogen (secondary N) is 3. The third-order valence-corrected chi connectivity index (χ3v) is 4.00. The lowest BCUT2D eigenvalue weighted by atomic mass is 10.00. The van der Waals surface area contributed by atoms with Crippen molar-refractivity contribution in [3.8, 4) is 0 Å². The highest BCUT2D eigenvalue weighted by Gasteiger charge is 2.19. The first kappa shape index (κ1) is 14.9. The lowest BCUT2D eigenvalue weighted by Gasteiger charge is -2.28. The molecule has 0 aromatic rings. The summed E-state index contributed by atoms with van der Waals surface area (Å²) >= 11 is 0. The average Bonchev–Trinajstić information content (AvgIpc) is 2.24. The van der Waals surface area contributed by atoms with E-state index < -0.39 is 10.2 Å². The molecule has 0 amide bonds. The van der Waals surface area contributed by atoms with Crippen LogP contribution in [0.25, 0.3) is 0 Å². The Bertz CT molecular complexity index is 317. The second-order valence-corrected chi connectivity index (χ2v) is 6.87. The predicted molar refractivity (Wildman–Crippen MR) is 70.0 cm³/mol. The molecule has 0 saturated carbocycles. The lowest BCUT2D eigenvalue weighted by molar-refractivity contribution is 0.334. The molecule has 1 fully saturated rings. The Labute approximate surface area is 105 Å². The van der Waals surface area contributed by atoms with Crippen molar-refractivity contribution in [1.82, 2.24) is 14.8 Å². The molecule has 2 unspecified atom stereocenters. The SMILES string of the molecule is CC(C)CNS(=O)(=O)NCC1CCCC(C)N1. The largest absolute Gasteiger partial charge is 0.310 e. The first-order valence-electron chi connectivity index (χ1n) is 6.39. The Morgan fingerprint density at radius 3 is 2.59 bits per heavy atom. The molecule has 5 nitrogen and oxygen atoms in total. The van der Waals surface area contributed by atoms with Crippen molar-refractivity contribution in [1.29, 1.82) is 0 Å². The van der Waals surface area contributed by atoms with Gasteiger partial charge in [-0.2, -0.15) is 8.42 Å². The van der Waals surface area contributed by atoms with E-state index in [9.17, 15) is 8.42 Å². The highest BCUT2D eigenvalue weighted by atomic mass is 32.2. The first-order chi connectivity index (χ1) is 7.89. The summed E-state index contributed by atoms with van der Waals surface area (Å²) in [6.45, 7) is 7.04. The molecule has 1 aliphatic rings. The Morgan fingerprint density at radius 1 is 1.29 bits per heavy atom. The van der Waals surface area contributed by atoms with Gasteiger partial charge in [-0.25, -0.2) is 9.44 Å². The van der Waals surface area contributed by atoms with Gasteiger partial charge in [-0.05, 0) is 25.7 Å². The molecule has 1 saturated heterocycles. The van der Waals surface area contributed by atoms with Crippen molar-refractivity contribution >= 4 is 10.2 Å². The molecule has 102 valence electrons. The molecule has 0 aliphatic carbocycles. The van der Waals surface area contributed by atoms with Crippen molar-refractivity contribution in [2.24, 2.45) is 5.92 Å². The highest BCUT2D eigenvalue weighted by Crippen LogP contribution is 2.11. The van der Waals surface area contributed by atoms with E-state index in [0.29, 0.717) is 25.0 Å². The molecular weight excluding hydrogens is 238 g/mol. The predicted octanol–water partition coefficient (Wildman–Crippen LogP) is 0.597. The highest BCUT2D eigenvalue weighted by molar-refractivity contribution is 7.87. The second-order valence-electron chi connectivity index (χ2n) is 5.29. The van der Waals surface area contributed by atoms with Crippen molar-refractivity contribution < 1.29 is 8.42 Å². The van der Waals surface area contributed by atoms with Crippen LogP contribution >= 0.6 is 0 Å². The standard InChI is InChI=1S/C11H25N3O2S/c1-9(2)7-12-17(15,16)13-8-11-6-4-5-10(3)14-11/h9-14H,4-8H2,1-3H3. The van der Waals surface area contributed by atoms with E-state index in [4.69, 9.17) is 0 Å². The molecule has 0 bridgehead atoms. The van der Waals surface area contributed by atoms with Crippen LogP contribution in [-0.4, -0.2) is 33.6 Å². The summed E-state index contributed by atoms with van der Waals surface area (Å²) in [6, 6.07) is 0.747. The fraction of sp³-hybridized carbons (Fsp3) is 1.00. The third kappa shape index (κ3) is 6.35. The molecule has 6 heteroatoms. The van der Waals surface area contributed by atoms with Crippen LogP contribution < -0.4 is 14.8 Å². The van der Waals surface area contributed by atoms with Gasteiger partial charge >= 0.3 is 0 Å². The van der Waals surface area contributed by atoms with Gasteiger partial charge in [0.1, 0.15) is 0 Å². The Morgan fingerprint density at radius 2 is 2.00 bits per heavy atom. The molecule has 2 atom stereocenters. The Balaban J connectivity index is 2.28. The maximum Gasteiger partial charge on any atom is 0.276 e. The van der Waals surface area contributed by atoms with Crippen molar-refractivity contribution in [2.75, 3.05) is 13.1 Å². The van der Waals surface area contributed by atoms with Crippen LogP contribution in [0, 0.1) is 5.92 Å². The fourth-order valence-electron chi connectivity index (χ4n) is 1.94. The molecule has 17 heavy (non-hydrogen) atoms. The molecule has 1 heterocycles. The van der Waals surface area contributed by atoms with Gasteiger partial charge < -0.3 is 5.32 Å². The van der Waals surface area contributed by atoms with E-state index in [-0.39, 0.29) is 6.04 Å². The van der Waals surface area contributed by atoms with Crippen LogP contribution in [0.5, 0.6) is 0 Å². The minimum absolute atomic E-state index is 0.259. The molecule has 0 aromatic heterocycles. The molecule has 0 spiro atoms. The number of hydrogen-bond donors (Lipinski definition) is 3. The van der Waals surface area contributed by atoms with Gasteiger partial charge in [0.05, 0.1) is 0 Å². The summed E-state index contributed by atoms with van der Waals surface area (Å²) in [5, 5.41) is 3.40. The van der Waals surface area contributed by atoms with E-state index >= 15 is 0 Å². The average molecular weight is 263 g/mol. The minimum atomic E-state index is -3.33. The summed E-state index contributed by atoms with van der Waals surface area (Å²) < 4.78 is 28.4. The van der Waals surface area contributed by atoms with Gasteiger partial charge in [-0.3, -0.25) is 0 Å². The van der Waals surface area contributed by atoms with Crippen LogP contribution in [0.4, 0.5) is 0 Å². The second kappa shape index (κ2) is 6.68. The van der Waals surface area contributed by atoms with Gasteiger partial charge in [0.15, 0.2) is 0 Å². The zero-order chi connectivity index (χ0) is 12.9. The van der Waals surface area contributed by atoms with E-state index in [0.717, 1.165) is 6.42 Å². The number of rotatable bonds is 6. The van der Waals surface area contributed by atoms with Crippen LogP contribution in [0.1, 0.15) is 40.0 Å². The monoisotopic (exact) mass is 263 g/mol. The zero-order valence-electron chi connectivity index (χ0n) is 11.0. The smallest absolute Gasteiger partial charge is 0.276 e. The summed E-state index contributed by atoms with van der Waals surface area (Å²) in [4.78, 5) is 0. The van der Waals surface area contributed by atoms with E-state index in [1.807, 2.05) is 13.8 Å². The van der Waals surface area contributed by atoms with Gasteiger partial charge in [0.25, 0.3) is 10.2 Å². The van der Waals surface area contributed by atoms with Crippen LogP contribution in [-0.2, 0) is 10.2 Å². The topological polar surface area (TPSA) is 70.2 Å². The molecule has 0 radical (unpaired) electrons. The molecular formula is C11H25N3O2S. The van der Waals surface area contributed by atoms with E-state index in [1.165, 1.54) is 12.8 Å². The van der Waals surface area contributed by atoms with Crippen molar-refractivity contribution in [2.45, 2.75) is 52.1 Å². The van der Waals surface area contributed by atoms with Gasteiger partial charge in [-0.15, -0.1) is 0 Å².